The van der Waals surface area contributed by atoms with Crippen molar-refractivity contribution >= 4 is 0 Å². The van der Waals surface area contributed by atoms with Crippen LogP contribution in [0.15, 0.2) is 0 Å². The van der Waals surface area contributed by atoms with Gasteiger partial charge in [0.15, 0.2) is 0 Å². The third-order valence-electron chi connectivity index (χ3n) is 5.76. The lowest BCUT2D eigenvalue weighted by Gasteiger charge is -2.42. The predicted molar refractivity (Wildman–Crippen MR) is 88.1 cm³/mol. The van der Waals surface area contributed by atoms with Crippen molar-refractivity contribution in [2.24, 2.45) is 0 Å². The van der Waals surface area contributed by atoms with Gasteiger partial charge in [0.1, 0.15) is 5.54 Å². The van der Waals surface area contributed by atoms with Crippen molar-refractivity contribution in [3.63, 3.8) is 0 Å². The van der Waals surface area contributed by atoms with Gasteiger partial charge in [0.05, 0.1) is 6.07 Å². The molecule has 3 heteroatoms. The first-order chi connectivity index (χ1) is 10.2. The molecule has 1 unspecified atom stereocenters. The Labute approximate surface area is 131 Å². The first-order valence-corrected chi connectivity index (χ1v) is 9.04. The fraction of sp³-hybridized carbons (Fsp3) is 0.944. The van der Waals surface area contributed by atoms with Gasteiger partial charge >= 0.3 is 0 Å². The summed E-state index contributed by atoms with van der Waals surface area (Å²) in [7, 11) is 1.91. The minimum absolute atomic E-state index is 0.373. The fourth-order valence-electron chi connectivity index (χ4n) is 4.08. The summed E-state index contributed by atoms with van der Waals surface area (Å²) in [6, 6.07) is 4.01. The Kier molecular flexibility index (Phi) is 6.51. The summed E-state index contributed by atoms with van der Waals surface area (Å²) in [4.78, 5) is 2.80. The molecule has 1 N–H and O–H groups in total. The predicted octanol–water partition coefficient (Wildman–Crippen LogP) is 3.85. The molecule has 0 aromatic rings. The van der Waals surface area contributed by atoms with E-state index in [1.54, 1.807) is 0 Å². The lowest BCUT2D eigenvalue weighted by Crippen LogP contribution is -2.49. The Morgan fingerprint density at radius 2 is 1.48 bits per heavy atom. The van der Waals surface area contributed by atoms with Gasteiger partial charge in [0.25, 0.3) is 0 Å². The lowest BCUT2D eigenvalue weighted by molar-refractivity contribution is 0.0743. The third kappa shape index (κ3) is 4.69. The summed E-state index contributed by atoms with van der Waals surface area (Å²) in [5.74, 6) is 0. The molecule has 21 heavy (non-hydrogen) atoms. The van der Waals surface area contributed by atoms with Crippen LogP contribution < -0.4 is 5.32 Å². The third-order valence-corrected chi connectivity index (χ3v) is 5.76. The molecule has 1 atom stereocenters. The second-order valence-electron chi connectivity index (χ2n) is 7.27. The zero-order valence-corrected chi connectivity index (χ0v) is 14.0. The second-order valence-corrected chi connectivity index (χ2v) is 7.27. The molecule has 120 valence electrons. The van der Waals surface area contributed by atoms with Crippen molar-refractivity contribution in [2.45, 2.75) is 95.2 Å². The van der Waals surface area contributed by atoms with Crippen molar-refractivity contribution < 1.29 is 0 Å². The molecule has 3 nitrogen and oxygen atoms in total. The van der Waals surface area contributed by atoms with Crippen molar-refractivity contribution in [3.05, 3.63) is 0 Å². The molecule has 0 bridgehead atoms. The maximum atomic E-state index is 9.39. The van der Waals surface area contributed by atoms with Crippen LogP contribution in [0.25, 0.3) is 0 Å². The van der Waals surface area contributed by atoms with Gasteiger partial charge in [-0.15, -0.1) is 0 Å². The molecule has 0 aliphatic heterocycles. The van der Waals surface area contributed by atoms with Crippen molar-refractivity contribution in [1.29, 1.82) is 5.26 Å². The number of nitrogens with one attached hydrogen (secondary N) is 1. The molecule has 2 saturated carbocycles. The Morgan fingerprint density at radius 3 is 1.86 bits per heavy atom. The number of hydrogen-bond donors (Lipinski definition) is 1. The number of rotatable bonds is 6. The largest absolute Gasteiger partial charge is 0.303 e. The van der Waals surface area contributed by atoms with E-state index >= 15 is 0 Å². The van der Waals surface area contributed by atoms with Crippen molar-refractivity contribution in [3.8, 4) is 6.07 Å². The van der Waals surface area contributed by atoms with Crippen LogP contribution in [0.4, 0.5) is 0 Å². The van der Waals surface area contributed by atoms with Crippen LogP contribution >= 0.6 is 0 Å². The molecule has 0 aromatic heterocycles. The van der Waals surface area contributed by atoms with Crippen LogP contribution in [0.2, 0.25) is 0 Å². The quantitative estimate of drug-likeness (QED) is 0.808. The average molecular weight is 291 g/mol. The van der Waals surface area contributed by atoms with Gasteiger partial charge in [0, 0.05) is 18.6 Å². The summed E-state index contributed by atoms with van der Waals surface area (Å²) in [5, 5.41) is 12.6. The summed E-state index contributed by atoms with van der Waals surface area (Å²) in [5.41, 5.74) is -0.373. The highest BCUT2D eigenvalue weighted by Gasteiger charge is 2.31. The van der Waals surface area contributed by atoms with Gasteiger partial charge in [-0.05, 0) is 46.1 Å². The molecule has 2 fully saturated rings. The second kappa shape index (κ2) is 8.15. The highest BCUT2D eigenvalue weighted by molar-refractivity contribution is 5.03. The van der Waals surface area contributed by atoms with E-state index in [4.69, 9.17) is 0 Å². The van der Waals surface area contributed by atoms with Crippen LogP contribution in [0.1, 0.15) is 77.6 Å². The van der Waals surface area contributed by atoms with E-state index in [2.05, 4.69) is 16.3 Å². The summed E-state index contributed by atoms with van der Waals surface area (Å²) in [6.07, 6.45) is 14.9. The molecule has 0 amide bonds. The van der Waals surface area contributed by atoms with E-state index in [1.165, 1.54) is 64.2 Å². The van der Waals surface area contributed by atoms with E-state index in [0.717, 1.165) is 25.0 Å². The molecule has 2 aliphatic carbocycles. The van der Waals surface area contributed by atoms with Gasteiger partial charge in [0.2, 0.25) is 0 Å². The topological polar surface area (TPSA) is 39.1 Å². The van der Waals surface area contributed by atoms with Gasteiger partial charge < -0.3 is 5.32 Å². The molecule has 2 aliphatic rings. The Bertz CT molecular complexity index is 319. The fourth-order valence-corrected chi connectivity index (χ4v) is 4.08. The summed E-state index contributed by atoms with van der Waals surface area (Å²) in [6.45, 7) is 3.12. The van der Waals surface area contributed by atoms with E-state index < -0.39 is 0 Å². The number of nitrogens with zero attached hydrogens (tertiary/aromatic N) is 2. The van der Waals surface area contributed by atoms with E-state index in [9.17, 15) is 5.26 Å². The van der Waals surface area contributed by atoms with Crippen molar-refractivity contribution in [2.75, 3.05) is 13.6 Å². The van der Waals surface area contributed by atoms with Crippen LogP contribution in [0.3, 0.4) is 0 Å². The summed E-state index contributed by atoms with van der Waals surface area (Å²) < 4.78 is 0. The first-order valence-electron chi connectivity index (χ1n) is 9.04. The molecule has 0 aromatic carbocycles. The highest BCUT2D eigenvalue weighted by Crippen LogP contribution is 2.30. The molecular formula is C18H33N3. The molecule has 0 heterocycles. The van der Waals surface area contributed by atoms with Crippen molar-refractivity contribution in [1.82, 2.24) is 10.2 Å². The lowest BCUT2D eigenvalue weighted by atomic mass is 9.87. The van der Waals surface area contributed by atoms with Gasteiger partial charge in [-0.1, -0.05) is 38.5 Å². The van der Waals surface area contributed by atoms with Crippen LogP contribution in [0, 0.1) is 11.3 Å². The monoisotopic (exact) mass is 291 g/mol. The standard InChI is InChI=1S/C18H33N3/c1-18(15-19,20-2)13-14-21(16-9-5-3-6-10-16)17-11-7-4-8-12-17/h16-17,20H,3-14H2,1-2H3. The number of nitriles is 1. The summed E-state index contributed by atoms with van der Waals surface area (Å²) >= 11 is 0. The van der Waals surface area contributed by atoms with E-state index in [1.807, 2.05) is 14.0 Å². The first kappa shape index (κ1) is 16.8. The molecule has 0 saturated heterocycles. The molecule has 2 rings (SSSR count). The SMILES string of the molecule is CNC(C)(C#N)CCN(C1CCCCC1)C1CCCCC1. The van der Waals surface area contributed by atoms with E-state index in [-0.39, 0.29) is 5.54 Å². The maximum absolute atomic E-state index is 9.39. The highest BCUT2D eigenvalue weighted by atomic mass is 15.2. The van der Waals surface area contributed by atoms with Gasteiger partial charge in [-0.25, -0.2) is 0 Å². The van der Waals surface area contributed by atoms with E-state index in [0.29, 0.717) is 0 Å². The molecular weight excluding hydrogens is 258 g/mol. The molecule has 0 radical (unpaired) electrons. The average Bonchev–Trinajstić information content (AvgIpc) is 2.57. The zero-order chi connectivity index (χ0) is 15.1. The Hall–Kier alpha value is -0.590. The smallest absolute Gasteiger partial charge is 0.104 e. The Morgan fingerprint density at radius 1 is 1.00 bits per heavy atom. The van der Waals surface area contributed by atoms with Crippen LogP contribution in [-0.2, 0) is 0 Å². The van der Waals surface area contributed by atoms with Crippen LogP contribution in [0.5, 0.6) is 0 Å². The van der Waals surface area contributed by atoms with Crippen LogP contribution in [-0.4, -0.2) is 36.1 Å². The Balaban J connectivity index is 1.98. The number of hydrogen-bond acceptors (Lipinski definition) is 3. The molecule has 0 spiro atoms. The minimum Gasteiger partial charge on any atom is -0.303 e. The normalized spacial score (nSPS) is 24.7. The van der Waals surface area contributed by atoms with Gasteiger partial charge in [-0.3, -0.25) is 4.90 Å². The maximum Gasteiger partial charge on any atom is 0.104 e. The zero-order valence-electron chi connectivity index (χ0n) is 14.0. The minimum atomic E-state index is -0.373. The van der Waals surface area contributed by atoms with Gasteiger partial charge in [-0.2, -0.15) is 5.26 Å².